The molecule has 0 bridgehead atoms. The zero-order valence-electron chi connectivity index (χ0n) is 16.2. The number of benzene rings is 2. The lowest BCUT2D eigenvalue weighted by Crippen LogP contribution is -3.12. The van der Waals surface area contributed by atoms with Crippen LogP contribution in [-0.4, -0.2) is 45.3 Å². The van der Waals surface area contributed by atoms with E-state index < -0.39 is 0 Å². The molecule has 0 saturated carbocycles. The van der Waals surface area contributed by atoms with Gasteiger partial charge in [0.2, 0.25) is 0 Å². The number of rotatable bonds is 6. The molecule has 2 aromatic carbocycles. The molecule has 2 aromatic rings. The summed E-state index contributed by atoms with van der Waals surface area (Å²) in [7, 11) is 1.98. The average molecular weight is 423 g/mol. The standard InChI is InChI=1S/C21H25Cl2N3O2/c1-15(25(2)14-16-4-3-5-19(22)20(16)23)21(27)24-17-6-8-18(9-7-17)26-10-12-28-13-11-26/h3-9,15H,10-14H2,1-2H3,(H,24,27)/p+1/t15-/m1/s1. The monoisotopic (exact) mass is 422 g/mol. The Hall–Kier alpha value is -1.79. The fourth-order valence-electron chi connectivity index (χ4n) is 3.19. The van der Waals surface area contributed by atoms with Crippen molar-refractivity contribution in [2.75, 3.05) is 43.6 Å². The molecule has 2 N–H and O–H groups in total. The number of nitrogens with one attached hydrogen (secondary N) is 2. The van der Waals surface area contributed by atoms with Crippen molar-refractivity contribution in [1.29, 1.82) is 0 Å². The van der Waals surface area contributed by atoms with Crippen molar-refractivity contribution in [2.45, 2.75) is 19.5 Å². The number of carbonyl (C=O) groups is 1. The van der Waals surface area contributed by atoms with E-state index in [2.05, 4.69) is 10.2 Å². The molecule has 0 aliphatic carbocycles. The smallest absolute Gasteiger partial charge is 0.282 e. The van der Waals surface area contributed by atoms with Crippen LogP contribution in [0.1, 0.15) is 12.5 Å². The predicted molar refractivity (Wildman–Crippen MR) is 115 cm³/mol. The topological polar surface area (TPSA) is 46.0 Å². The van der Waals surface area contributed by atoms with Gasteiger partial charge in [-0.15, -0.1) is 0 Å². The molecule has 1 aliphatic heterocycles. The molecule has 0 spiro atoms. The van der Waals surface area contributed by atoms with Crippen molar-refractivity contribution < 1.29 is 14.4 Å². The molecule has 1 aliphatic rings. The van der Waals surface area contributed by atoms with Gasteiger partial charge in [0.15, 0.2) is 6.04 Å². The maximum absolute atomic E-state index is 12.7. The summed E-state index contributed by atoms with van der Waals surface area (Å²) in [6, 6.07) is 13.3. The minimum atomic E-state index is -0.242. The zero-order valence-corrected chi connectivity index (χ0v) is 17.7. The van der Waals surface area contributed by atoms with E-state index in [1.54, 1.807) is 6.07 Å². The molecule has 1 saturated heterocycles. The number of amides is 1. The highest BCUT2D eigenvalue weighted by Crippen LogP contribution is 2.25. The van der Waals surface area contributed by atoms with Crippen LogP contribution < -0.4 is 15.1 Å². The van der Waals surface area contributed by atoms with Crippen LogP contribution in [0.2, 0.25) is 10.0 Å². The van der Waals surface area contributed by atoms with Gasteiger partial charge >= 0.3 is 0 Å². The lowest BCUT2D eigenvalue weighted by molar-refractivity contribution is -0.907. The molecule has 1 unspecified atom stereocenters. The highest BCUT2D eigenvalue weighted by atomic mass is 35.5. The van der Waals surface area contributed by atoms with Crippen LogP contribution in [0, 0.1) is 0 Å². The number of quaternary nitrogens is 1. The van der Waals surface area contributed by atoms with E-state index in [9.17, 15) is 4.79 Å². The normalized spacial score (nSPS) is 16.5. The Kier molecular flexibility index (Phi) is 7.18. The van der Waals surface area contributed by atoms with Crippen molar-refractivity contribution in [1.82, 2.24) is 0 Å². The van der Waals surface area contributed by atoms with Gasteiger partial charge in [-0.05, 0) is 37.3 Å². The lowest BCUT2D eigenvalue weighted by atomic mass is 10.1. The van der Waals surface area contributed by atoms with Crippen LogP contribution >= 0.6 is 23.2 Å². The number of morpholine rings is 1. The van der Waals surface area contributed by atoms with Gasteiger partial charge < -0.3 is 19.9 Å². The quantitative estimate of drug-likeness (QED) is 0.751. The van der Waals surface area contributed by atoms with Gasteiger partial charge in [0.1, 0.15) is 6.54 Å². The first-order chi connectivity index (χ1) is 13.5. The van der Waals surface area contributed by atoms with Crippen molar-refractivity contribution in [3.05, 3.63) is 58.1 Å². The number of hydrogen-bond acceptors (Lipinski definition) is 3. The number of ether oxygens (including phenoxy) is 1. The first-order valence-electron chi connectivity index (χ1n) is 9.44. The maximum Gasteiger partial charge on any atom is 0.282 e. The minimum absolute atomic E-state index is 0.0326. The third kappa shape index (κ3) is 5.17. The molecule has 1 heterocycles. The third-order valence-corrected chi connectivity index (χ3v) is 6.00. The van der Waals surface area contributed by atoms with Gasteiger partial charge in [-0.1, -0.05) is 35.3 Å². The highest BCUT2D eigenvalue weighted by molar-refractivity contribution is 6.42. The SMILES string of the molecule is C[C@H](C(=O)Nc1ccc(N2CCOCC2)cc1)[NH+](C)Cc1cccc(Cl)c1Cl. The first-order valence-corrected chi connectivity index (χ1v) is 10.2. The van der Waals surface area contributed by atoms with Crippen LogP contribution in [0.5, 0.6) is 0 Å². The Morgan fingerprint density at radius 2 is 1.86 bits per heavy atom. The van der Waals surface area contributed by atoms with Crippen LogP contribution in [0.4, 0.5) is 11.4 Å². The summed E-state index contributed by atoms with van der Waals surface area (Å²) in [5.74, 6) is -0.0326. The van der Waals surface area contributed by atoms with Crippen molar-refractivity contribution in [3.8, 4) is 0 Å². The Bertz CT molecular complexity index is 808. The summed E-state index contributed by atoms with van der Waals surface area (Å²) in [5.41, 5.74) is 2.87. The molecular weight excluding hydrogens is 397 g/mol. The summed E-state index contributed by atoms with van der Waals surface area (Å²) < 4.78 is 5.39. The van der Waals surface area contributed by atoms with E-state index >= 15 is 0 Å². The average Bonchev–Trinajstić information content (AvgIpc) is 2.72. The molecule has 3 rings (SSSR count). The largest absolute Gasteiger partial charge is 0.378 e. The van der Waals surface area contributed by atoms with Gasteiger partial charge in [-0.25, -0.2) is 0 Å². The molecule has 0 radical (unpaired) electrons. The molecule has 150 valence electrons. The summed E-state index contributed by atoms with van der Waals surface area (Å²) in [4.78, 5) is 16.0. The Balaban J connectivity index is 1.58. The predicted octanol–water partition coefficient (Wildman–Crippen LogP) is 2.87. The fraction of sp³-hybridized carbons (Fsp3) is 0.381. The number of likely N-dealkylation sites (N-methyl/N-ethyl adjacent to an activating group) is 1. The highest BCUT2D eigenvalue weighted by Gasteiger charge is 2.23. The molecule has 7 heteroatoms. The zero-order chi connectivity index (χ0) is 20.1. The fourth-order valence-corrected chi connectivity index (χ4v) is 3.58. The molecule has 2 atom stereocenters. The molecule has 1 fully saturated rings. The number of hydrogen-bond donors (Lipinski definition) is 2. The van der Waals surface area contributed by atoms with E-state index in [1.165, 1.54) is 0 Å². The summed E-state index contributed by atoms with van der Waals surface area (Å²) >= 11 is 12.4. The van der Waals surface area contributed by atoms with Gasteiger partial charge in [0, 0.05) is 30.0 Å². The van der Waals surface area contributed by atoms with Crippen LogP contribution in [0.25, 0.3) is 0 Å². The summed E-state index contributed by atoms with van der Waals surface area (Å²) in [5, 5.41) is 4.09. The molecular formula is C21H26Cl2N3O2+. The number of anilines is 2. The molecule has 28 heavy (non-hydrogen) atoms. The number of nitrogens with zero attached hydrogens (tertiary/aromatic N) is 1. The van der Waals surface area contributed by atoms with Crippen molar-refractivity contribution >= 4 is 40.5 Å². The van der Waals surface area contributed by atoms with Crippen LogP contribution in [-0.2, 0) is 16.1 Å². The second kappa shape index (κ2) is 9.61. The van der Waals surface area contributed by atoms with Crippen molar-refractivity contribution in [2.24, 2.45) is 0 Å². The van der Waals surface area contributed by atoms with Gasteiger partial charge in [0.05, 0.1) is 30.3 Å². The third-order valence-electron chi connectivity index (χ3n) is 5.14. The van der Waals surface area contributed by atoms with Gasteiger partial charge in [0.25, 0.3) is 5.91 Å². The molecule has 5 nitrogen and oxygen atoms in total. The second-order valence-electron chi connectivity index (χ2n) is 7.09. The Labute approximate surface area is 176 Å². The van der Waals surface area contributed by atoms with E-state index in [0.717, 1.165) is 48.1 Å². The molecule has 1 amide bonds. The number of carbonyl (C=O) groups excluding carboxylic acids is 1. The minimum Gasteiger partial charge on any atom is -0.378 e. The maximum atomic E-state index is 12.7. The Morgan fingerprint density at radius 3 is 2.54 bits per heavy atom. The van der Waals surface area contributed by atoms with Crippen LogP contribution in [0.3, 0.4) is 0 Å². The molecule has 0 aromatic heterocycles. The Morgan fingerprint density at radius 1 is 1.18 bits per heavy atom. The van der Waals surface area contributed by atoms with E-state index in [-0.39, 0.29) is 11.9 Å². The van der Waals surface area contributed by atoms with Crippen molar-refractivity contribution in [3.63, 3.8) is 0 Å². The first kappa shape index (κ1) is 20.9. The van der Waals surface area contributed by atoms with E-state index in [1.807, 2.05) is 50.4 Å². The van der Waals surface area contributed by atoms with E-state index in [0.29, 0.717) is 16.6 Å². The van der Waals surface area contributed by atoms with Crippen LogP contribution in [0.15, 0.2) is 42.5 Å². The summed E-state index contributed by atoms with van der Waals surface area (Å²) in [6.07, 6.45) is 0. The summed E-state index contributed by atoms with van der Waals surface area (Å²) in [6.45, 7) is 5.81. The van der Waals surface area contributed by atoms with Gasteiger partial charge in [-0.2, -0.15) is 0 Å². The second-order valence-corrected chi connectivity index (χ2v) is 7.88. The van der Waals surface area contributed by atoms with E-state index in [4.69, 9.17) is 27.9 Å². The number of halogens is 2. The lowest BCUT2D eigenvalue weighted by Gasteiger charge is -2.29. The van der Waals surface area contributed by atoms with Gasteiger partial charge in [-0.3, -0.25) is 4.79 Å².